The van der Waals surface area contributed by atoms with Crippen molar-refractivity contribution in [1.82, 2.24) is 9.88 Å². The minimum Gasteiger partial charge on any atom is -0.344 e. The minimum absolute atomic E-state index is 0. The molecule has 1 saturated heterocycles. The fourth-order valence-corrected chi connectivity index (χ4v) is 6.03. The normalized spacial score (nSPS) is 21.1. The number of hydrogen-bond acceptors (Lipinski definition) is 3. The SMILES string of the molecule is CCn1c2c(c3cc(S(=O)(=O)c4ccccc4)ccc31)C1CCC(C2)N1.Cl. The van der Waals surface area contributed by atoms with Crippen LogP contribution in [0.3, 0.4) is 0 Å². The van der Waals surface area contributed by atoms with Gasteiger partial charge in [-0.25, -0.2) is 8.42 Å². The van der Waals surface area contributed by atoms with E-state index in [9.17, 15) is 8.42 Å². The van der Waals surface area contributed by atoms with Crippen molar-refractivity contribution < 1.29 is 8.42 Å². The number of hydrogen-bond donors (Lipinski definition) is 1. The number of rotatable bonds is 3. The molecule has 4 nitrogen and oxygen atoms in total. The van der Waals surface area contributed by atoms with E-state index in [-0.39, 0.29) is 12.4 Å². The summed E-state index contributed by atoms with van der Waals surface area (Å²) >= 11 is 0. The van der Waals surface area contributed by atoms with Crippen LogP contribution >= 0.6 is 12.4 Å². The zero-order valence-electron chi connectivity index (χ0n) is 15.2. The highest BCUT2D eigenvalue weighted by atomic mass is 35.5. The van der Waals surface area contributed by atoms with Crippen LogP contribution in [0.4, 0.5) is 0 Å². The molecule has 2 aliphatic rings. The number of sulfone groups is 1. The van der Waals surface area contributed by atoms with E-state index in [1.54, 1.807) is 30.3 Å². The summed E-state index contributed by atoms with van der Waals surface area (Å²) in [5, 5.41) is 4.80. The minimum atomic E-state index is -3.50. The molecule has 0 aliphatic carbocycles. The molecule has 1 aromatic heterocycles. The van der Waals surface area contributed by atoms with Gasteiger partial charge in [0.05, 0.1) is 9.79 Å². The standard InChI is InChI=1S/C21H22N2O2S.ClH/c1-2-23-19-11-9-16(26(24,25)15-6-4-3-5-7-15)13-17(19)21-18-10-8-14(22-18)12-20(21)23;/h3-7,9,11,13-14,18,22H,2,8,10,12H2,1H3;1H. The van der Waals surface area contributed by atoms with E-state index in [0.29, 0.717) is 21.9 Å². The highest BCUT2D eigenvalue weighted by Gasteiger charge is 2.36. The molecule has 0 saturated carbocycles. The third-order valence-corrected chi connectivity index (χ3v) is 7.66. The molecule has 3 heterocycles. The third kappa shape index (κ3) is 2.72. The molecule has 2 aliphatic heterocycles. The number of fused-ring (bicyclic) bond motifs is 6. The van der Waals surface area contributed by atoms with Gasteiger partial charge in [-0.3, -0.25) is 0 Å². The smallest absolute Gasteiger partial charge is 0.206 e. The Labute approximate surface area is 165 Å². The zero-order chi connectivity index (χ0) is 17.9. The second-order valence-electron chi connectivity index (χ2n) is 7.30. The first kappa shape index (κ1) is 18.5. The molecule has 0 radical (unpaired) electrons. The number of nitrogens with one attached hydrogen (secondary N) is 1. The van der Waals surface area contributed by atoms with E-state index in [1.807, 2.05) is 18.2 Å². The Morgan fingerprint density at radius 1 is 1.07 bits per heavy atom. The van der Waals surface area contributed by atoms with Gasteiger partial charge in [-0.1, -0.05) is 18.2 Å². The Hall–Kier alpha value is -1.82. The molecular formula is C21H23ClN2O2S. The van der Waals surface area contributed by atoms with E-state index < -0.39 is 9.84 Å². The number of benzene rings is 2. The van der Waals surface area contributed by atoms with Crippen LogP contribution in [0.15, 0.2) is 58.3 Å². The predicted octanol–water partition coefficient (Wildman–Crippen LogP) is 4.27. The van der Waals surface area contributed by atoms with Gasteiger partial charge in [0.1, 0.15) is 0 Å². The summed E-state index contributed by atoms with van der Waals surface area (Å²) in [7, 11) is -3.50. The van der Waals surface area contributed by atoms with Gasteiger partial charge in [0, 0.05) is 41.6 Å². The number of aryl methyl sites for hydroxylation is 1. The van der Waals surface area contributed by atoms with Gasteiger partial charge in [0.25, 0.3) is 0 Å². The van der Waals surface area contributed by atoms with Crippen LogP contribution in [0.5, 0.6) is 0 Å². The Morgan fingerprint density at radius 3 is 2.59 bits per heavy atom. The van der Waals surface area contributed by atoms with E-state index in [1.165, 1.54) is 17.7 Å². The molecule has 3 aromatic rings. The summed E-state index contributed by atoms with van der Waals surface area (Å²) in [6.07, 6.45) is 3.37. The van der Waals surface area contributed by atoms with Gasteiger partial charge in [-0.2, -0.15) is 0 Å². The highest BCUT2D eigenvalue weighted by Crippen LogP contribution is 2.42. The molecule has 27 heavy (non-hydrogen) atoms. The maximum Gasteiger partial charge on any atom is 0.206 e. The summed E-state index contributed by atoms with van der Waals surface area (Å²) in [6, 6.07) is 15.3. The third-order valence-electron chi connectivity index (χ3n) is 5.89. The van der Waals surface area contributed by atoms with Gasteiger partial charge < -0.3 is 9.88 Å². The van der Waals surface area contributed by atoms with Crippen molar-refractivity contribution >= 4 is 33.1 Å². The molecule has 0 spiro atoms. The molecule has 2 aromatic carbocycles. The van der Waals surface area contributed by atoms with Crippen LogP contribution in [-0.4, -0.2) is 19.0 Å². The first-order valence-corrected chi connectivity index (χ1v) is 10.8. The second-order valence-corrected chi connectivity index (χ2v) is 9.25. The predicted molar refractivity (Wildman–Crippen MR) is 109 cm³/mol. The Balaban J connectivity index is 0.00000180. The van der Waals surface area contributed by atoms with Crippen molar-refractivity contribution in [2.75, 3.05) is 0 Å². The molecule has 1 fully saturated rings. The van der Waals surface area contributed by atoms with Crippen molar-refractivity contribution in [1.29, 1.82) is 0 Å². The van der Waals surface area contributed by atoms with E-state index >= 15 is 0 Å². The lowest BCUT2D eigenvalue weighted by molar-refractivity contribution is 0.498. The number of nitrogens with zero attached hydrogens (tertiary/aromatic N) is 1. The molecule has 1 N–H and O–H groups in total. The number of aromatic nitrogens is 1. The molecule has 6 heteroatoms. The van der Waals surface area contributed by atoms with Crippen molar-refractivity contribution in [2.24, 2.45) is 0 Å². The van der Waals surface area contributed by atoms with Crippen LogP contribution in [0.25, 0.3) is 10.9 Å². The van der Waals surface area contributed by atoms with Crippen LogP contribution in [0.1, 0.15) is 37.1 Å². The summed E-state index contributed by atoms with van der Waals surface area (Å²) in [5.74, 6) is 0. The van der Waals surface area contributed by atoms with E-state index in [2.05, 4.69) is 16.8 Å². The first-order chi connectivity index (χ1) is 12.6. The number of halogens is 1. The summed E-state index contributed by atoms with van der Waals surface area (Å²) < 4.78 is 28.5. The van der Waals surface area contributed by atoms with Crippen molar-refractivity contribution in [3.05, 3.63) is 59.8 Å². The highest BCUT2D eigenvalue weighted by molar-refractivity contribution is 7.91. The lowest BCUT2D eigenvalue weighted by Gasteiger charge is -2.23. The Morgan fingerprint density at radius 2 is 1.85 bits per heavy atom. The fourth-order valence-electron chi connectivity index (χ4n) is 4.73. The topological polar surface area (TPSA) is 51.1 Å². The van der Waals surface area contributed by atoms with Crippen molar-refractivity contribution in [3.8, 4) is 0 Å². The summed E-state index contributed by atoms with van der Waals surface area (Å²) in [5.41, 5.74) is 3.86. The maximum absolute atomic E-state index is 13.1. The van der Waals surface area contributed by atoms with Crippen LogP contribution < -0.4 is 5.32 Å². The lowest BCUT2D eigenvalue weighted by atomic mass is 9.99. The van der Waals surface area contributed by atoms with Gasteiger partial charge in [0.2, 0.25) is 9.84 Å². The van der Waals surface area contributed by atoms with Gasteiger partial charge in [-0.15, -0.1) is 12.4 Å². The van der Waals surface area contributed by atoms with E-state index in [0.717, 1.165) is 30.3 Å². The van der Waals surface area contributed by atoms with Crippen molar-refractivity contribution in [3.63, 3.8) is 0 Å². The molecule has 2 atom stereocenters. The van der Waals surface area contributed by atoms with Crippen LogP contribution in [0.2, 0.25) is 0 Å². The summed E-state index contributed by atoms with van der Waals surface area (Å²) in [6.45, 7) is 3.08. The zero-order valence-corrected chi connectivity index (χ0v) is 16.8. The molecule has 2 bridgehead atoms. The van der Waals surface area contributed by atoms with Crippen LogP contribution in [-0.2, 0) is 22.8 Å². The van der Waals surface area contributed by atoms with Gasteiger partial charge in [0.15, 0.2) is 0 Å². The first-order valence-electron chi connectivity index (χ1n) is 9.31. The van der Waals surface area contributed by atoms with Crippen LogP contribution in [0, 0.1) is 0 Å². The van der Waals surface area contributed by atoms with Gasteiger partial charge in [-0.05, 0) is 55.7 Å². The van der Waals surface area contributed by atoms with Gasteiger partial charge >= 0.3 is 0 Å². The maximum atomic E-state index is 13.1. The van der Waals surface area contributed by atoms with E-state index in [4.69, 9.17) is 0 Å². The summed E-state index contributed by atoms with van der Waals surface area (Å²) in [4.78, 5) is 0.731. The molecule has 142 valence electrons. The quantitative estimate of drug-likeness (QED) is 0.711. The lowest BCUT2D eigenvalue weighted by Crippen LogP contribution is -2.32. The molecular weight excluding hydrogens is 380 g/mol. The Kier molecular flexibility index (Phi) is 4.57. The monoisotopic (exact) mass is 402 g/mol. The fraction of sp³-hybridized carbons (Fsp3) is 0.333. The average Bonchev–Trinajstić information content (AvgIpc) is 3.20. The second kappa shape index (κ2) is 6.66. The molecule has 5 rings (SSSR count). The average molecular weight is 403 g/mol. The molecule has 2 unspecified atom stereocenters. The van der Waals surface area contributed by atoms with Crippen molar-refractivity contribution in [2.45, 2.75) is 54.6 Å². The molecule has 0 amide bonds. The Bertz CT molecular complexity index is 1110. The largest absolute Gasteiger partial charge is 0.344 e.